The second-order valence-corrected chi connectivity index (χ2v) is 11.9. The maximum atomic E-state index is 13.1. The summed E-state index contributed by atoms with van der Waals surface area (Å²) in [6.45, 7) is 0. The lowest BCUT2D eigenvalue weighted by molar-refractivity contribution is -0.123. The molecular formula is C21H17Br2NO4S. The number of anilines is 1. The van der Waals surface area contributed by atoms with Crippen LogP contribution >= 0.6 is 31.9 Å². The van der Waals surface area contributed by atoms with Crippen LogP contribution in [0.2, 0.25) is 0 Å². The largest absolute Gasteiger partial charge is 0.274 e. The Bertz CT molecular complexity index is 1070. The number of fused-ring (bicyclic) bond motifs is 5. The van der Waals surface area contributed by atoms with Gasteiger partial charge in [-0.25, -0.2) is 8.42 Å². The fourth-order valence-electron chi connectivity index (χ4n) is 5.11. The van der Waals surface area contributed by atoms with Crippen LogP contribution in [0.3, 0.4) is 0 Å². The first kappa shape index (κ1) is 19.5. The lowest BCUT2D eigenvalue weighted by Gasteiger charge is -2.28. The number of carbonyl (C=O) groups excluding carboxylic acids is 2. The van der Waals surface area contributed by atoms with Gasteiger partial charge in [-0.1, -0.05) is 50.1 Å². The van der Waals surface area contributed by atoms with E-state index < -0.39 is 9.84 Å². The van der Waals surface area contributed by atoms with Crippen molar-refractivity contribution in [1.29, 1.82) is 0 Å². The van der Waals surface area contributed by atoms with Gasteiger partial charge in [0.25, 0.3) is 0 Å². The third kappa shape index (κ3) is 2.72. The predicted molar refractivity (Wildman–Crippen MR) is 115 cm³/mol. The van der Waals surface area contributed by atoms with Crippen LogP contribution in [0.4, 0.5) is 5.69 Å². The lowest BCUT2D eigenvalue weighted by atomic mass is 9.81. The average Bonchev–Trinajstić information content (AvgIpc) is 3.34. The Balaban J connectivity index is 1.46. The topological polar surface area (TPSA) is 71.5 Å². The number of imide groups is 1. The minimum atomic E-state index is -3.64. The molecule has 2 bridgehead atoms. The zero-order valence-corrected chi connectivity index (χ0v) is 19.1. The normalized spacial score (nSPS) is 33.4. The van der Waals surface area contributed by atoms with E-state index in [1.165, 1.54) is 17.0 Å². The number of rotatable bonds is 3. The first-order valence-corrected chi connectivity index (χ1v) is 12.7. The highest BCUT2D eigenvalue weighted by molar-refractivity contribution is 9.12. The average molecular weight is 539 g/mol. The molecule has 0 aromatic heterocycles. The van der Waals surface area contributed by atoms with Gasteiger partial charge in [-0.3, -0.25) is 14.5 Å². The van der Waals surface area contributed by atoms with Crippen molar-refractivity contribution in [3.05, 3.63) is 54.6 Å². The van der Waals surface area contributed by atoms with Crippen molar-refractivity contribution in [2.24, 2.45) is 23.7 Å². The Labute approximate surface area is 185 Å². The van der Waals surface area contributed by atoms with Gasteiger partial charge >= 0.3 is 0 Å². The molecule has 0 radical (unpaired) electrons. The Morgan fingerprint density at radius 3 is 1.76 bits per heavy atom. The highest BCUT2D eigenvalue weighted by Gasteiger charge is 2.66. The highest BCUT2D eigenvalue weighted by Crippen LogP contribution is 2.60. The van der Waals surface area contributed by atoms with Crippen LogP contribution in [0.25, 0.3) is 0 Å². The lowest BCUT2D eigenvalue weighted by Crippen LogP contribution is -2.37. The van der Waals surface area contributed by atoms with Crippen LogP contribution < -0.4 is 4.90 Å². The van der Waals surface area contributed by atoms with Crippen molar-refractivity contribution in [3.63, 3.8) is 0 Å². The van der Waals surface area contributed by atoms with Gasteiger partial charge < -0.3 is 0 Å². The number of nitrogens with zero attached hydrogens (tertiary/aromatic N) is 1. The number of hydrogen-bond acceptors (Lipinski definition) is 4. The number of hydrogen-bond donors (Lipinski definition) is 0. The fraction of sp³-hybridized carbons (Fsp3) is 0.333. The standard InChI is InChI=1S/C21H17Br2NO4S/c22-18-14-10-15(19(18)23)17-16(14)20(25)24(21(17)26)11-6-8-13(9-7-11)29(27,28)12-4-2-1-3-5-12/h1-9,14-19H,10H2/t14-,15-,16-,17-,18+,19+/m1/s1. The molecule has 3 aliphatic rings. The molecule has 2 amide bonds. The molecule has 2 aromatic rings. The molecule has 0 unspecified atom stereocenters. The summed E-state index contributed by atoms with van der Waals surface area (Å²) in [5.74, 6) is -0.635. The first-order chi connectivity index (χ1) is 13.8. The molecule has 150 valence electrons. The quantitative estimate of drug-likeness (QED) is 0.440. The molecule has 2 aliphatic carbocycles. The Morgan fingerprint density at radius 2 is 1.24 bits per heavy atom. The van der Waals surface area contributed by atoms with Crippen molar-refractivity contribution in [3.8, 4) is 0 Å². The zero-order chi connectivity index (χ0) is 20.5. The summed E-state index contributed by atoms with van der Waals surface area (Å²) in [5.41, 5.74) is 0.429. The Kier molecular flexibility index (Phi) is 4.53. The molecule has 3 fully saturated rings. The van der Waals surface area contributed by atoms with Crippen LogP contribution in [0.1, 0.15) is 6.42 Å². The Morgan fingerprint density at radius 1 is 0.759 bits per heavy atom. The monoisotopic (exact) mass is 537 g/mol. The van der Waals surface area contributed by atoms with Gasteiger partial charge in [-0.2, -0.15) is 0 Å². The fourth-order valence-corrected chi connectivity index (χ4v) is 8.27. The van der Waals surface area contributed by atoms with Gasteiger partial charge in [0.05, 0.1) is 27.3 Å². The zero-order valence-electron chi connectivity index (χ0n) is 15.1. The molecule has 1 heterocycles. The molecule has 1 aliphatic heterocycles. The number of alkyl halides is 2. The number of sulfone groups is 1. The van der Waals surface area contributed by atoms with E-state index in [1.54, 1.807) is 42.5 Å². The smallest absolute Gasteiger partial charge is 0.238 e. The number of carbonyl (C=O) groups is 2. The van der Waals surface area contributed by atoms with Crippen molar-refractivity contribution in [2.75, 3.05) is 4.90 Å². The molecule has 2 saturated carbocycles. The molecule has 6 atom stereocenters. The van der Waals surface area contributed by atoms with Gasteiger partial charge in [0.15, 0.2) is 0 Å². The number of amides is 2. The molecule has 0 N–H and O–H groups in total. The summed E-state index contributed by atoms with van der Waals surface area (Å²) in [7, 11) is -3.64. The summed E-state index contributed by atoms with van der Waals surface area (Å²) in [5, 5.41) is 0. The van der Waals surface area contributed by atoms with E-state index in [4.69, 9.17) is 0 Å². The second-order valence-electron chi connectivity index (χ2n) is 7.83. The van der Waals surface area contributed by atoms with E-state index in [0.717, 1.165) is 6.42 Å². The minimum Gasteiger partial charge on any atom is -0.274 e. The summed E-state index contributed by atoms with van der Waals surface area (Å²) in [6.07, 6.45) is 0.876. The maximum Gasteiger partial charge on any atom is 0.238 e. The molecule has 0 spiro atoms. The van der Waals surface area contributed by atoms with Crippen molar-refractivity contribution >= 4 is 59.2 Å². The number of halogens is 2. The maximum absolute atomic E-state index is 13.1. The van der Waals surface area contributed by atoms with Gasteiger partial charge in [0.2, 0.25) is 21.7 Å². The molecule has 8 heteroatoms. The summed E-state index contributed by atoms with van der Waals surface area (Å²) in [6, 6.07) is 14.2. The minimum absolute atomic E-state index is 0.132. The molecule has 29 heavy (non-hydrogen) atoms. The van der Waals surface area contributed by atoms with E-state index in [2.05, 4.69) is 31.9 Å². The van der Waals surface area contributed by atoms with Crippen LogP contribution in [0.15, 0.2) is 64.4 Å². The van der Waals surface area contributed by atoms with Crippen LogP contribution in [0.5, 0.6) is 0 Å². The first-order valence-electron chi connectivity index (χ1n) is 9.38. The van der Waals surface area contributed by atoms with Gasteiger partial charge in [-0.05, 0) is 54.7 Å². The van der Waals surface area contributed by atoms with E-state index in [0.29, 0.717) is 5.69 Å². The van der Waals surface area contributed by atoms with Crippen LogP contribution in [-0.4, -0.2) is 29.9 Å². The summed E-state index contributed by atoms with van der Waals surface area (Å²) >= 11 is 7.36. The molecule has 5 rings (SSSR count). The molecule has 2 aromatic carbocycles. The van der Waals surface area contributed by atoms with Gasteiger partial charge in [-0.15, -0.1) is 0 Å². The number of benzene rings is 2. The van der Waals surface area contributed by atoms with Crippen molar-refractivity contribution in [1.82, 2.24) is 0 Å². The predicted octanol–water partition coefficient (Wildman–Crippen LogP) is 3.80. The molecule has 1 saturated heterocycles. The van der Waals surface area contributed by atoms with Crippen LogP contribution in [-0.2, 0) is 19.4 Å². The van der Waals surface area contributed by atoms with E-state index in [9.17, 15) is 18.0 Å². The Hall–Kier alpha value is -1.51. The second kappa shape index (κ2) is 6.75. The van der Waals surface area contributed by atoms with E-state index in [1.807, 2.05) is 0 Å². The third-order valence-corrected chi connectivity index (χ3v) is 11.4. The SMILES string of the molecule is O=C1[C@@H]2[C@H]3C[C@@H]([C@H](Br)[C@H]3Br)[C@H]2C(=O)N1c1ccc(S(=O)(=O)c2ccccc2)cc1. The van der Waals surface area contributed by atoms with E-state index >= 15 is 0 Å². The van der Waals surface area contributed by atoms with Gasteiger partial charge in [0.1, 0.15) is 0 Å². The summed E-state index contributed by atoms with van der Waals surface area (Å²) < 4.78 is 25.5. The molecular weight excluding hydrogens is 522 g/mol. The summed E-state index contributed by atoms with van der Waals surface area (Å²) in [4.78, 5) is 28.1. The molecule has 5 nitrogen and oxygen atoms in total. The van der Waals surface area contributed by atoms with E-state index in [-0.39, 0.29) is 54.9 Å². The third-order valence-electron chi connectivity index (χ3n) is 6.45. The van der Waals surface area contributed by atoms with Crippen molar-refractivity contribution < 1.29 is 18.0 Å². The van der Waals surface area contributed by atoms with Crippen molar-refractivity contribution in [2.45, 2.75) is 25.9 Å². The van der Waals surface area contributed by atoms with Gasteiger partial charge in [0, 0.05) is 9.65 Å². The van der Waals surface area contributed by atoms with Crippen LogP contribution in [0, 0.1) is 23.7 Å². The highest BCUT2D eigenvalue weighted by atomic mass is 79.9.